The van der Waals surface area contributed by atoms with Crippen LogP contribution in [-0.2, 0) is 4.79 Å². The lowest BCUT2D eigenvalue weighted by Gasteiger charge is -2.22. The van der Waals surface area contributed by atoms with Gasteiger partial charge in [-0.25, -0.2) is 0 Å². The van der Waals surface area contributed by atoms with Crippen LogP contribution >= 0.6 is 0 Å². The lowest BCUT2D eigenvalue weighted by molar-refractivity contribution is -0.116. The zero-order valence-corrected chi connectivity index (χ0v) is 14.8. The number of hydrogen-bond acceptors (Lipinski definition) is 5. The van der Waals surface area contributed by atoms with Crippen LogP contribution in [0.4, 0.5) is 5.69 Å². The van der Waals surface area contributed by atoms with Gasteiger partial charge in [0.1, 0.15) is 11.5 Å². The van der Waals surface area contributed by atoms with E-state index < -0.39 is 0 Å². The van der Waals surface area contributed by atoms with Gasteiger partial charge in [0.2, 0.25) is 11.7 Å². The summed E-state index contributed by atoms with van der Waals surface area (Å²) in [4.78, 5) is 37.9. The topological polar surface area (TPSA) is 81.7 Å². The number of hydrogen-bond donors (Lipinski definition) is 1. The average molecular weight is 353 g/mol. The quantitative estimate of drug-likeness (QED) is 0.762. The number of amides is 1. The van der Waals surface area contributed by atoms with Gasteiger partial charge in [-0.1, -0.05) is 19.1 Å². The molecule has 1 N–H and O–H groups in total. The first-order valence-corrected chi connectivity index (χ1v) is 8.30. The molecular weight excluding hydrogens is 334 g/mol. The maximum atomic E-state index is 13.0. The molecule has 0 saturated carbocycles. The monoisotopic (exact) mass is 353 g/mol. The van der Waals surface area contributed by atoms with Gasteiger partial charge in [-0.3, -0.25) is 14.4 Å². The molecule has 0 saturated heterocycles. The minimum atomic E-state index is -0.338. The molecule has 0 unspecified atom stereocenters. The Labute approximate surface area is 151 Å². The van der Waals surface area contributed by atoms with E-state index in [0.29, 0.717) is 24.3 Å². The number of ether oxygens (including phenoxy) is 2. The predicted molar refractivity (Wildman–Crippen MR) is 96.4 cm³/mol. The molecule has 1 aliphatic carbocycles. The normalized spacial score (nSPS) is 12.3. The molecule has 3 rings (SSSR count). The van der Waals surface area contributed by atoms with Crippen molar-refractivity contribution in [3.8, 4) is 11.5 Å². The molecule has 0 aliphatic heterocycles. The molecule has 0 atom stereocenters. The van der Waals surface area contributed by atoms with Gasteiger partial charge in [-0.2, -0.15) is 0 Å². The summed E-state index contributed by atoms with van der Waals surface area (Å²) >= 11 is 0. The van der Waals surface area contributed by atoms with Crippen molar-refractivity contribution in [2.45, 2.75) is 19.8 Å². The number of methoxy groups -OCH3 is 2. The Morgan fingerprint density at radius 1 is 0.962 bits per heavy atom. The molecule has 6 heteroatoms. The standard InChI is InChI=1S/C20H19NO5/c1-4-6-16(22)21-11-9-13-18(15(10-11)26-3)20(24)17-12(19(13)23)7-5-8-14(17)25-2/h5,7-10H,4,6H2,1-3H3,(H,21,22). The van der Waals surface area contributed by atoms with Crippen LogP contribution in [0.15, 0.2) is 30.3 Å². The number of rotatable bonds is 5. The van der Waals surface area contributed by atoms with Crippen molar-refractivity contribution in [2.75, 3.05) is 19.5 Å². The van der Waals surface area contributed by atoms with Crippen LogP contribution in [0.3, 0.4) is 0 Å². The maximum Gasteiger partial charge on any atom is 0.224 e. The van der Waals surface area contributed by atoms with Crippen LogP contribution in [0.25, 0.3) is 0 Å². The number of anilines is 1. The summed E-state index contributed by atoms with van der Waals surface area (Å²) in [5.41, 5.74) is 1.32. The van der Waals surface area contributed by atoms with Crippen molar-refractivity contribution in [1.82, 2.24) is 0 Å². The molecule has 2 aromatic carbocycles. The van der Waals surface area contributed by atoms with E-state index in [4.69, 9.17) is 9.47 Å². The maximum absolute atomic E-state index is 13.0. The molecule has 0 radical (unpaired) electrons. The van der Waals surface area contributed by atoms with Crippen molar-refractivity contribution >= 4 is 23.2 Å². The highest BCUT2D eigenvalue weighted by molar-refractivity contribution is 6.30. The summed E-state index contributed by atoms with van der Waals surface area (Å²) in [6.45, 7) is 1.90. The minimum Gasteiger partial charge on any atom is -0.496 e. The number of fused-ring (bicyclic) bond motifs is 2. The van der Waals surface area contributed by atoms with E-state index >= 15 is 0 Å². The summed E-state index contributed by atoms with van der Waals surface area (Å²) in [5.74, 6) is -0.224. The van der Waals surface area contributed by atoms with Gasteiger partial charge in [-0.05, 0) is 18.6 Å². The number of nitrogens with one attached hydrogen (secondary N) is 1. The van der Waals surface area contributed by atoms with E-state index in [1.807, 2.05) is 6.92 Å². The summed E-state index contributed by atoms with van der Waals surface area (Å²) in [5, 5.41) is 2.74. The molecule has 134 valence electrons. The van der Waals surface area contributed by atoms with Crippen LogP contribution in [0.5, 0.6) is 11.5 Å². The van der Waals surface area contributed by atoms with Crippen LogP contribution < -0.4 is 14.8 Å². The molecule has 26 heavy (non-hydrogen) atoms. The first kappa shape index (κ1) is 17.7. The van der Waals surface area contributed by atoms with Crippen molar-refractivity contribution in [3.63, 3.8) is 0 Å². The fourth-order valence-electron chi connectivity index (χ4n) is 3.11. The predicted octanol–water partition coefficient (Wildman–Crippen LogP) is 3.22. The fourth-order valence-corrected chi connectivity index (χ4v) is 3.11. The van der Waals surface area contributed by atoms with E-state index in [1.54, 1.807) is 24.3 Å². The molecule has 1 amide bonds. The summed E-state index contributed by atoms with van der Waals surface area (Å²) in [7, 11) is 2.87. The van der Waals surface area contributed by atoms with Gasteiger partial charge in [0.15, 0.2) is 5.78 Å². The van der Waals surface area contributed by atoms with E-state index in [9.17, 15) is 14.4 Å². The Hall–Kier alpha value is -3.15. The number of carbonyl (C=O) groups is 3. The lowest BCUT2D eigenvalue weighted by Crippen LogP contribution is -2.23. The molecule has 0 bridgehead atoms. The van der Waals surface area contributed by atoms with Crippen LogP contribution in [0, 0.1) is 0 Å². The van der Waals surface area contributed by atoms with E-state index in [2.05, 4.69) is 5.32 Å². The van der Waals surface area contributed by atoms with Gasteiger partial charge in [0.05, 0.1) is 25.3 Å². The van der Waals surface area contributed by atoms with Crippen molar-refractivity contribution < 1.29 is 23.9 Å². The SMILES string of the molecule is CCCC(=O)Nc1cc(OC)c2c(c1)C(=O)c1cccc(OC)c1C2=O. The Kier molecular flexibility index (Phi) is 4.75. The third-order valence-corrected chi connectivity index (χ3v) is 4.27. The average Bonchev–Trinajstić information content (AvgIpc) is 2.64. The number of benzene rings is 2. The Bertz CT molecular complexity index is 917. The fraction of sp³-hybridized carbons (Fsp3) is 0.250. The second kappa shape index (κ2) is 7.00. The molecule has 2 aromatic rings. The smallest absolute Gasteiger partial charge is 0.224 e. The molecule has 0 aromatic heterocycles. The van der Waals surface area contributed by atoms with E-state index in [1.165, 1.54) is 20.3 Å². The highest BCUT2D eigenvalue weighted by Crippen LogP contribution is 2.38. The second-order valence-electron chi connectivity index (χ2n) is 5.94. The first-order valence-electron chi connectivity index (χ1n) is 8.30. The molecule has 0 heterocycles. The highest BCUT2D eigenvalue weighted by atomic mass is 16.5. The lowest BCUT2D eigenvalue weighted by atomic mass is 9.82. The van der Waals surface area contributed by atoms with Gasteiger partial charge in [0, 0.05) is 29.3 Å². The third kappa shape index (κ3) is 2.83. The van der Waals surface area contributed by atoms with Crippen LogP contribution in [0.1, 0.15) is 51.6 Å². The van der Waals surface area contributed by atoms with Crippen LogP contribution in [0.2, 0.25) is 0 Å². The summed E-state index contributed by atoms with van der Waals surface area (Å²) in [6.07, 6.45) is 1.07. The third-order valence-electron chi connectivity index (χ3n) is 4.27. The highest BCUT2D eigenvalue weighted by Gasteiger charge is 2.35. The number of carbonyl (C=O) groups excluding carboxylic acids is 3. The Morgan fingerprint density at radius 3 is 2.31 bits per heavy atom. The molecular formula is C20H19NO5. The van der Waals surface area contributed by atoms with Gasteiger partial charge in [-0.15, -0.1) is 0 Å². The van der Waals surface area contributed by atoms with E-state index in [-0.39, 0.29) is 45.5 Å². The number of ketones is 2. The van der Waals surface area contributed by atoms with Crippen molar-refractivity contribution in [2.24, 2.45) is 0 Å². The van der Waals surface area contributed by atoms with Gasteiger partial charge in [0.25, 0.3) is 0 Å². The second-order valence-corrected chi connectivity index (χ2v) is 5.94. The zero-order valence-electron chi connectivity index (χ0n) is 14.8. The Balaban J connectivity index is 2.16. The molecule has 6 nitrogen and oxygen atoms in total. The summed E-state index contributed by atoms with van der Waals surface area (Å²) < 4.78 is 10.6. The minimum absolute atomic E-state index is 0.161. The molecule has 0 fully saturated rings. The molecule has 0 spiro atoms. The van der Waals surface area contributed by atoms with Crippen molar-refractivity contribution in [3.05, 3.63) is 52.6 Å². The van der Waals surface area contributed by atoms with Crippen LogP contribution in [-0.4, -0.2) is 31.7 Å². The van der Waals surface area contributed by atoms with Crippen molar-refractivity contribution in [1.29, 1.82) is 0 Å². The van der Waals surface area contributed by atoms with E-state index in [0.717, 1.165) is 0 Å². The first-order chi connectivity index (χ1) is 12.5. The van der Waals surface area contributed by atoms with Gasteiger partial charge >= 0.3 is 0 Å². The molecule has 1 aliphatic rings. The zero-order chi connectivity index (χ0) is 18.8. The van der Waals surface area contributed by atoms with Gasteiger partial charge < -0.3 is 14.8 Å². The Morgan fingerprint density at radius 2 is 1.65 bits per heavy atom. The summed E-state index contributed by atoms with van der Waals surface area (Å²) in [6, 6.07) is 7.97. The largest absolute Gasteiger partial charge is 0.496 e.